The number of carbonyl (C=O) groups excluding carboxylic acids is 3. The first kappa shape index (κ1) is 22.4. The standard InChI is InChI=1S/C23H23N3O4/c1-17-9-11-20(12-10-17)26(14-6-13-24)22(28)16-30-23(29)21(25-18(2)27)15-19-7-4-3-5-8-19/h3-5,7-12,15H,6,14,16H2,1-2H3,(H,25,27)/b21-15-. The number of carbonyl (C=O) groups is 3. The summed E-state index contributed by atoms with van der Waals surface area (Å²) in [5, 5.41) is 11.3. The fourth-order valence-corrected chi connectivity index (χ4v) is 2.62. The summed E-state index contributed by atoms with van der Waals surface area (Å²) in [6.45, 7) is 2.85. The van der Waals surface area contributed by atoms with E-state index in [0.29, 0.717) is 11.3 Å². The molecule has 7 heteroatoms. The summed E-state index contributed by atoms with van der Waals surface area (Å²) < 4.78 is 5.15. The molecule has 0 aliphatic rings. The van der Waals surface area contributed by atoms with Crippen LogP contribution >= 0.6 is 0 Å². The Balaban J connectivity index is 2.12. The van der Waals surface area contributed by atoms with Crippen LogP contribution in [0.3, 0.4) is 0 Å². The highest BCUT2D eigenvalue weighted by Gasteiger charge is 2.20. The smallest absolute Gasteiger partial charge is 0.355 e. The zero-order valence-electron chi connectivity index (χ0n) is 16.9. The topological polar surface area (TPSA) is 99.5 Å². The minimum absolute atomic E-state index is 0.0691. The molecule has 0 spiro atoms. The normalized spacial score (nSPS) is 10.6. The van der Waals surface area contributed by atoms with Gasteiger partial charge in [-0.05, 0) is 30.7 Å². The molecule has 30 heavy (non-hydrogen) atoms. The highest BCUT2D eigenvalue weighted by atomic mass is 16.5. The number of nitrogens with one attached hydrogen (secondary N) is 1. The van der Waals surface area contributed by atoms with E-state index in [2.05, 4.69) is 5.32 Å². The maximum atomic E-state index is 12.7. The number of anilines is 1. The lowest BCUT2D eigenvalue weighted by molar-refractivity contribution is -0.144. The molecule has 0 saturated carbocycles. The number of nitrogens with zero attached hydrogens (tertiary/aromatic N) is 2. The van der Waals surface area contributed by atoms with Crippen LogP contribution in [0.25, 0.3) is 6.08 Å². The van der Waals surface area contributed by atoms with E-state index in [0.717, 1.165) is 5.56 Å². The predicted molar refractivity (Wildman–Crippen MR) is 113 cm³/mol. The lowest BCUT2D eigenvalue weighted by atomic mass is 10.2. The largest absolute Gasteiger partial charge is 0.451 e. The first-order chi connectivity index (χ1) is 14.4. The number of aryl methyl sites for hydroxylation is 1. The van der Waals surface area contributed by atoms with E-state index in [-0.39, 0.29) is 18.7 Å². The van der Waals surface area contributed by atoms with E-state index >= 15 is 0 Å². The van der Waals surface area contributed by atoms with Gasteiger partial charge in [-0.2, -0.15) is 5.26 Å². The summed E-state index contributed by atoms with van der Waals surface area (Å²) in [4.78, 5) is 38.0. The molecule has 0 bridgehead atoms. The summed E-state index contributed by atoms with van der Waals surface area (Å²) in [7, 11) is 0. The predicted octanol–water partition coefficient (Wildman–Crippen LogP) is 2.96. The van der Waals surface area contributed by atoms with Crippen LogP contribution in [0.2, 0.25) is 0 Å². The number of nitriles is 1. The third-order valence-electron chi connectivity index (χ3n) is 4.06. The number of ether oxygens (including phenoxy) is 1. The Morgan fingerprint density at radius 1 is 1.10 bits per heavy atom. The third-order valence-corrected chi connectivity index (χ3v) is 4.06. The van der Waals surface area contributed by atoms with Gasteiger partial charge < -0.3 is 15.0 Å². The molecular weight excluding hydrogens is 382 g/mol. The SMILES string of the molecule is CC(=O)N/C(=C\c1ccccc1)C(=O)OCC(=O)N(CCC#N)c1ccc(C)cc1. The minimum atomic E-state index is -0.827. The maximum absolute atomic E-state index is 12.7. The molecular formula is C23H23N3O4. The van der Waals surface area contributed by atoms with Crippen LogP contribution in [-0.2, 0) is 19.1 Å². The first-order valence-corrected chi connectivity index (χ1v) is 9.36. The average Bonchev–Trinajstić information content (AvgIpc) is 2.73. The van der Waals surface area contributed by atoms with Gasteiger partial charge in [0.2, 0.25) is 5.91 Å². The van der Waals surface area contributed by atoms with Crippen LogP contribution in [0.5, 0.6) is 0 Å². The molecule has 2 aromatic rings. The van der Waals surface area contributed by atoms with E-state index in [1.807, 2.05) is 31.2 Å². The zero-order chi connectivity index (χ0) is 21.9. The summed E-state index contributed by atoms with van der Waals surface area (Å²) in [5.41, 5.74) is 2.27. The molecule has 154 valence electrons. The van der Waals surface area contributed by atoms with Crippen molar-refractivity contribution in [3.05, 3.63) is 71.4 Å². The molecule has 0 unspecified atom stereocenters. The molecule has 0 saturated heterocycles. The van der Waals surface area contributed by atoms with Gasteiger partial charge in [-0.1, -0.05) is 48.0 Å². The fraction of sp³-hybridized carbons (Fsp3) is 0.217. The van der Waals surface area contributed by atoms with Crippen LogP contribution in [0.15, 0.2) is 60.3 Å². The molecule has 7 nitrogen and oxygen atoms in total. The maximum Gasteiger partial charge on any atom is 0.355 e. The number of rotatable bonds is 8. The molecule has 0 atom stereocenters. The fourth-order valence-electron chi connectivity index (χ4n) is 2.62. The highest BCUT2D eigenvalue weighted by Crippen LogP contribution is 2.16. The lowest BCUT2D eigenvalue weighted by Gasteiger charge is -2.22. The molecule has 0 aliphatic heterocycles. The van der Waals surface area contributed by atoms with Crippen LogP contribution in [0, 0.1) is 18.3 Å². The second kappa shape index (κ2) is 11.2. The molecule has 2 amide bonds. The number of hydrogen-bond donors (Lipinski definition) is 1. The van der Waals surface area contributed by atoms with Crippen molar-refractivity contribution in [3.63, 3.8) is 0 Å². The second-order valence-electron chi connectivity index (χ2n) is 6.52. The van der Waals surface area contributed by atoms with Crippen molar-refractivity contribution in [1.82, 2.24) is 5.32 Å². The van der Waals surface area contributed by atoms with Crippen molar-refractivity contribution in [1.29, 1.82) is 5.26 Å². The Kier molecular flexibility index (Phi) is 8.33. The zero-order valence-corrected chi connectivity index (χ0v) is 16.9. The number of benzene rings is 2. The van der Waals surface area contributed by atoms with Gasteiger partial charge in [0.25, 0.3) is 5.91 Å². The van der Waals surface area contributed by atoms with Crippen molar-refractivity contribution in [2.75, 3.05) is 18.1 Å². The van der Waals surface area contributed by atoms with Gasteiger partial charge in [-0.3, -0.25) is 9.59 Å². The Morgan fingerprint density at radius 2 is 1.77 bits per heavy atom. The third kappa shape index (κ3) is 6.91. The Labute approximate surface area is 175 Å². The molecule has 2 rings (SSSR count). The van der Waals surface area contributed by atoms with Gasteiger partial charge in [0.05, 0.1) is 12.5 Å². The Morgan fingerprint density at radius 3 is 2.37 bits per heavy atom. The molecule has 0 aromatic heterocycles. The molecule has 0 fully saturated rings. The van der Waals surface area contributed by atoms with Gasteiger partial charge in [-0.15, -0.1) is 0 Å². The number of esters is 1. The van der Waals surface area contributed by atoms with E-state index in [4.69, 9.17) is 10.00 Å². The Hall–Kier alpha value is -3.92. The first-order valence-electron chi connectivity index (χ1n) is 9.36. The van der Waals surface area contributed by atoms with E-state index < -0.39 is 24.4 Å². The highest BCUT2D eigenvalue weighted by molar-refractivity contribution is 6.00. The van der Waals surface area contributed by atoms with Gasteiger partial charge in [0.15, 0.2) is 6.61 Å². The molecule has 0 heterocycles. The van der Waals surface area contributed by atoms with E-state index in [1.165, 1.54) is 17.9 Å². The molecule has 0 radical (unpaired) electrons. The minimum Gasteiger partial charge on any atom is -0.451 e. The van der Waals surface area contributed by atoms with E-state index in [9.17, 15) is 14.4 Å². The number of amides is 2. The lowest BCUT2D eigenvalue weighted by Crippen LogP contribution is -2.36. The van der Waals surface area contributed by atoms with Crippen molar-refractivity contribution < 1.29 is 19.1 Å². The van der Waals surface area contributed by atoms with Gasteiger partial charge in [0.1, 0.15) is 5.70 Å². The van der Waals surface area contributed by atoms with Crippen molar-refractivity contribution >= 4 is 29.5 Å². The van der Waals surface area contributed by atoms with Crippen LogP contribution < -0.4 is 10.2 Å². The molecule has 1 N–H and O–H groups in total. The van der Waals surface area contributed by atoms with Crippen molar-refractivity contribution in [2.45, 2.75) is 20.3 Å². The molecule has 0 aliphatic carbocycles. The summed E-state index contributed by atoms with van der Waals surface area (Å²) in [6.07, 6.45) is 1.61. The quantitative estimate of drug-likeness (QED) is 0.538. The van der Waals surface area contributed by atoms with E-state index in [1.54, 1.807) is 36.4 Å². The van der Waals surface area contributed by atoms with Gasteiger partial charge >= 0.3 is 5.97 Å². The van der Waals surface area contributed by atoms with Crippen LogP contribution in [-0.4, -0.2) is 30.9 Å². The van der Waals surface area contributed by atoms with Gasteiger partial charge in [0, 0.05) is 19.2 Å². The molecule has 2 aromatic carbocycles. The Bertz CT molecular complexity index is 960. The van der Waals surface area contributed by atoms with Crippen LogP contribution in [0.1, 0.15) is 24.5 Å². The van der Waals surface area contributed by atoms with Gasteiger partial charge in [-0.25, -0.2) is 4.79 Å². The average molecular weight is 405 g/mol. The summed E-state index contributed by atoms with van der Waals surface area (Å²) in [5.74, 6) is -1.73. The van der Waals surface area contributed by atoms with Crippen LogP contribution in [0.4, 0.5) is 5.69 Å². The van der Waals surface area contributed by atoms with Crippen molar-refractivity contribution in [3.8, 4) is 6.07 Å². The second-order valence-corrected chi connectivity index (χ2v) is 6.52. The van der Waals surface area contributed by atoms with Crippen molar-refractivity contribution in [2.24, 2.45) is 0 Å². The monoisotopic (exact) mass is 405 g/mol. The number of hydrogen-bond acceptors (Lipinski definition) is 5. The summed E-state index contributed by atoms with van der Waals surface area (Å²) in [6, 6.07) is 18.2. The summed E-state index contributed by atoms with van der Waals surface area (Å²) >= 11 is 0.